The molecule has 2 aromatic carbocycles. The molecule has 0 saturated carbocycles. The maximum Gasteiger partial charge on any atom is 0.469 e. The van der Waals surface area contributed by atoms with Crippen molar-refractivity contribution in [3.05, 3.63) is 59.6 Å². The molecule has 230 valence electrons. The molecule has 0 bridgehead atoms. The van der Waals surface area contributed by atoms with Crippen molar-refractivity contribution in [3.63, 3.8) is 0 Å². The number of fused-ring (bicyclic) bond motifs is 1. The van der Waals surface area contributed by atoms with Gasteiger partial charge in [-0.05, 0) is 31.2 Å². The largest absolute Gasteiger partial charge is 0.493 e. The molecule has 0 aliphatic carbocycles. The quantitative estimate of drug-likeness (QED) is 0.102. The van der Waals surface area contributed by atoms with Crippen LogP contribution in [0.25, 0.3) is 10.9 Å². The molecule has 13 nitrogen and oxygen atoms in total. The van der Waals surface area contributed by atoms with Crippen molar-refractivity contribution in [2.45, 2.75) is 19.8 Å². The normalized spacial score (nSPS) is 11.6. The maximum atomic E-state index is 13.8. The number of rotatable bonds is 16. The van der Waals surface area contributed by atoms with E-state index in [9.17, 15) is 13.8 Å². The highest BCUT2D eigenvalue weighted by Crippen LogP contribution is 2.36. The van der Waals surface area contributed by atoms with Crippen LogP contribution in [-0.2, 0) is 20.3 Å². The molecule has 0 atom stereocenters. The first kappa shape index (κ1) is 32.2. The summed E-state index contributed by atoms with van der Waals surface area (Å²) < 4.78 is 40.8. The number of carbonyl (C=O) groups excluding carboxylic acids is 1. The van der Waals surface area contributed by atoms with E-state index in [1.54, 1.807) is 30.5 Å². The first-order chi connectivity index (χ1) is 20.6. The number of phosphoric acid groups is 1. The number of phosphoric ester groups is 1. The zero-order valence-corrected chi connectivity index (χ0v) is 25.2. The van der Waals surface area contributed by atoms with Gasteiger partial charge in [0.2, 0.25) is 5.91 Å². The first-order valence-corrected chi connectivity index (χ1v) is 15.6. The fourth-order valence-electron chi connectivity index (χ4n) is 4.09. The third kappa shape index (κ3) is 9.64. The number of nitrogens with zero attached hydrogens (tertiary/aromatic N) is 4. The van der Waals surface area contributed by atoms with Gasteiger partial charge in [0.1, 0.15) is 18.0 Å². The lowest BCUT2D eigenvalue weighted by molar-refractivity contribution is -0.115. The van der Waals surface area contributed by atoms with Gasteiger partial charge in [0.25, 0.3) is 0 Å². The van der Waals surface area contributed by atoms with Gasteiger partial charge in [-0.2, -0.15) is 0 Å². The number of methoxy groups -OCH3 is 1. The van der Waals surface area contributed by atoms with E-state index in [4.69, 9.17) is 19.3 Å². The molecule has 0 radical (unpaired) electrons. The van der Waals surface area contributed by atoms with E-state index in [2.05, 4.69) is 30.1 Å². The van der Waals surface area contributed by atoms with Gasteiger partial charge in [0.05, 0.1) is 37.9 Å². The molecule has 0 aliphatic rings. The molecule has 16 heteroatoms. The number of thiazole rings is 1. The molecular formula is C27H32FN6O7PS. The van der Waals surface area contributed by atoms with E-state index in [1.165, 1.54) is 36.9 Å². The minimum Gasteiger partial charge on any atom is -0.493 e. The van der Waals surface area contributed by atoms with Crippen molar-refractivity contribution in [2.24, 2.45) is 0 Å². The molecule has 0 saturated heterocycles. The number of carbonyl (C=O) groups is 1. The summed E-state index contributed by atoms with van der Waals surface area (Å²) in [6.45, 7) is 3.98. The predicted molar refractivity (Wildman–Crippen MR) is 160 cm³/mol. The third-order valence-corrected chi connectivity index (χ3v) is 7.60. The SMILES string of the molecule is CCN(CCCOc1cc2ncnc(Nc3ncc(CC(=O)Nc4ccccc4F)s3)c2cc1OC)CCOP(=O)(O)O. The summed E-state index contributed by atoms with van der Waals surface area (Å²) in [4.78, 5) is 45.8. The highest BCUT2D eigenvalue weighted by Gasteiger charge is 2.16. The van der Waals surface area contributed by atoms with Gasteiger partial charge in [0.15, 0.2) is 16.6 Å². The number of ether oxygens (including phenoxy) is 2. The van der Waals surface area contributed by atoms with Gasteiger partial charge < -0.3 is 34.8 Å². The van der Waals surface area contributed by atoms with Gasteiger partial charge in [-0.25, -0.2) is 23.9 Å². The number of benzene rings is 2. The number of hydrogen-bond donors (Lipinski definition) is 4. The van der Waals surface area contributed by atoms with E-state index < -0.39 is 13.6 Å². The van der Waals surface area contributed by atoms with Gasteiger partial charge in [0, 0.05) is 35.6 Å². The predicted octanol–water partition coefficient (Wildman–Crippen LogP) is 4.36. The molecule has 2 aromatic heterocycles. The van der Waals surface area contributed by atoms with Crippen LogP contribution < -0.4 is 20.1 Å². The van der Waals surface area contributed by atoms with Crippen molar-refractivity contribution >= 4 is 52.6 Å². The fraction of sp³-hybridized carbons (Fsp3) is 0.333. The van der Waals surface area contributed by atoms with Crippen LogP contribution in [0.2, 0.25) is 0 Å². The molecule has 4 aromatic rings. The summed E-state index contributed by atoms with van der Waals surface area (Å²) >= 11 is 1.27. The van der Waals surface area contributed by atoms with Crippen molar-refractivity contribution in [2.75, 3.05) is 50.6 Å². The van der Waals surface area contributed by atoms with Crippen LogP contribution in [-0.4, -0.2) is 75.5 Å². The lowest BCUT2D eigenvalue weighted by Crippen LogP contribution is -2.29. The zero-order valence-electron chi connectivity index (χ0n) is 23.5. The van der Waals surface area contributed by atoms with Crippen LogP contribution in [0.4, 0.5) is 21.0 Å². The van der Waals surface area contributed by atoms with Crippen LogP contribution >= 0.6 is 19.2 Å². The lowest BCUT2D eigenvalue weighted by Gasteiger charge is -2.20. The standard InChI is InChI=1S/C27H32FN6O7PS/c1-3-34(10-12-41-42(36,37)38)9-6-11-40-24-15-22-19(14-23(24)39-2)26(31-17-30-22)33-27-29-16-18(43-27)13-25(35)32-21-8-5-4-7-20(21)28/h4-5,7-8,14-17H,3,6,9-13H2,1-2H3,(H,32,35)(H2,36,37,38)(H,29,30,31,33). The number of para-hydroxylation sites is 1. The monoisotopic (exact) mass is 634 g/mol. The summed E-state index contributed by atoms with van der Waals surface area (Å²) in [5.41, 5.74) is 0.730. The number of likely N-dealkylation sites (N-methyl/N-ethyl adjacent to an activating group) is 1. The second-order valence-electron chi connectivity index (χ2n) is 9.16. The third-order valence-electron chi connectivity index (χ3n) is 6.17. The Morgan fingerprint density at radius 3 is 2.67 bits per heavy atom. The topological polar surface area (TPSA) is 168 Å². The summed E-state index contributed by atoms with van der Waals surface area (Å²) in [6, 6.07) is 9.49. The van der Waals surface area contributed by atoms with Crippen molar-refractivity contribution in [1.29, 1.82) is 0 Å². The van der Waals surface area contributed by atoms with Gasteiger partial charge in [-0.3, -0.25) is 9.32 Å². The highest BCUT2D eigenvalue weighted by atomic mass is 32.1. The minimum atomic E-state index is -4.48. The van der Waals surface area contributed by atoms with Crippen molar-refractivity contribution < 1.29 is 37.5 Å². The molecule has 0 unspecified atom stereocenters. The summed E-state index contributed by atoms with van der Waals surface area (Å²) in [7, 11) is -2.95. The second-order valence-corrected chi connectivity index (χ2v) is 11.5. The Balaban J connectivity index is 1.36. The molecule has 1 amide bonds. The Labute approximate surface area is 251 Å². The smallest absolute Gasteiger partial charge is 0.469 e. The van der Waals surface area contributed by atoms with Crippen LogP contribution in [0.3, 0.4) is 0 Å². The molecule has 0 aliphatic heterocycles. The molecule has 4 N–H and O–H groups in total. The lowest BCUT2D eigenvalue weighted by atomic mass is 10.2. The average molecular weight is 635 g/mol. The zero-order chi connectivity index (χ0) is 30.8. The fourth-order valence-corrected chi connectivity index (χ4v) is 5.22. The molecule has 0 fully saturated rings. The van der Waals surface area contributed by atoms with E-state index >= 15 is 0 Å². The van der Waals surface area contributed by atoms with Gasteiger partial charge in [-0.15, -0.1) is 11.3 Å². The number of anilines is 3. The van der Waals surface area contributed by atoms with Crippen LogP contribution in [0.1, 0.15) is 18.2 Å². The Kier molecular flexibility index (Phi) is 11.3. The molecule has 0 spiro atoms. The maximum absolute atomic E-state index is 13.8. The van der Waals surface area contributed by atoms with Crippen LogP contribution in [0, 0.1) is 5.82 Å². The van der Waals surface area contributed by atoms with E-state index in [1.807, 2.05) is 11.8 Å². The Morgan fingerprint density at radius 1 is 1.12 bits per heavy atom. The molecule has 43 heavy (non-hydrogen) atoms. The second kappa shape index (κ2) is 15.1. The van der Waals surface area contributed by atoms with E-state index in [0.29, 0.717) is 70.9 Å². The average Bonchev–Trinajstić information content (AvgIpc) is 3.40. The Bertz CT molecular complexity index is 1590. The first-order valence-electron chi connectivity index (χ1n) is 13.3. The van der Waals surface area contributed by atoms with Crippen molar-refractivity contribution in [1.82, 2.24) is 19.9 Å². The van der Waals surface area contributed by atoms with Crippen molar-refractivity contribution in [3.8, 4) is 11.5 Å². The number of halogens is 1. The molecule has 2 heterocycles. The molecule has 4 rings (SSSR count). The van der Waals surface area contributed by atoms with E-state index in [-0.39, 0.29) is 24.6 Å². The number of nitrogens with one attached hydrogen (secondary N) is 2. The Morgan fingerprint density at radius 2 is 1.93 bits per heavy atom. The minimum absolute atomic E-state index is 0.0317. The summed E-state index contributed by atoms with van der Waals surface area (Å²) in [5.74, 6) is 0.612. The number of hydrogen-bond acceptors (Lipinski definition) is 11. The highest BCUT2D eigenvalue weighted by molar-refractivity contribution is 7.46. The number of aromatic nitrogens is 3. The number of amides is 1. The van der Waals surface area contributed by atoms with Crippen LogP contribution in [0.5, 0.6) is 11.5 Å². The molecular weight excluding hydrogens is 602 g/mol. The summed E-state index contributed by atoms with van der Waals surface area (Å²) in [5, 5.41) is 6.92. The van der Waals surface area contributed by atoms with Gasteiger partial charge in [-0.1, -0.05) is 19.1 Å². The van der Waals surface area contributed by atoms with Crippen LogP contribution in [0.15, 0.2) is 48.9 Å². The summed E-state index contributed by atoms with van der Waals surface area (Å²) in [6.07, 6.45) is 3.68. The van der Waals surface area contributed by atoms with Gasteiger partial charge >= 0.3 is 7.82 Å². The van der Waals surface area contributed by atoms with E-state index in [0.717, 1.165) is 0 Å². The Hall–Kier alpha value is -3.72.